The lowest BCUT2D eigenvalue weighted by molar-refractivity contribution is -0.133. The highest BCUT2D eigenvalue weighted by Gasteiger charge is 2.19. The van der Waals surface area contributed by atoms with E-state index >= 15 is 0 Å². The zero-order valence-corrected chi connectivity index (χ0v) is 15.0. The molecule has 0 aliphatic carbocycles. The molecule has 0 aliphatic rings. The summed E-state index contributed by atoms with van der Waals surface area (Å²) in [6.07, 6.45) is 1.32. The third-order valence-electron chi connectivity index (χ3n) is 3.44. The number of ether oxygens (including phenoxy) is 3. The van der Waals surface area contributed by atoms with E-state index in [1.165, 1.54) is 31.8 Å². The molecule has 0 saturated carbocycles. The van der Waals surface area contributed by atoms with Crippen LogP contribution >= 0.6 is 11.3 Å². The van der Waals surface area contributed by atoms with Gasteiger partial charge in [0.1, 0.15) is 11.3 Å². The minimum absolute atomic E-state index is 0.249. The number of aromatic nitrogens is 2. The first kappa shape index (κ1) is 17.6. The van der Waals surface area contributed by atoms with Crippen LogP contribution in [0.5, 0.6) is 10.9 Å². The molecule has 0 fully saturated rings. The summed E-state index contributed by atoms with van der Waals surface area (Å²) in [4.78, 5) is 12.0. The second-order valence-corrected chi connectivity index (χ2v) is 6.04. The first-order chi connectivity index (χ1) is 12.7. The van der Waals surface area contributed by atoms with E-state index in [4.69, 9.17) is 14.2 Å². The van der Waals surface area contributed by atoms with Crippen LogP contribution in [0.25, 0.3) is 16.1 Å². The Balaban J connectivity index is 1.91. The van der Waals surface area contributed by atoms with Gasteiger partial charge in [0, 0.05) is 11.1 Å². The number of methoxy groups -OCH3 is 2. The highest BCUT2D eigenvalue weighted by molar-refractivity contribution is 7.16. The molecule has 0 atom stereocenters. The number of benzene rings is 2. The summed E-state index contributed by atoms with van der Waals surface area (Å²) in [7, 11) is 2.77. The second-order valence-electron chi connectivity index (χ2n) is 5.10. The van der Waals surface area contributed by atoms with Crippen molar-refractivity contribution >= 4 is 22.9 Å². The third-order valence-corrected chi connectivity index (χ3v) is 4.29. The minimum Gasteiger partial charge on any atom is -0.503 e. The van der Waals surface area contributed by atoms with Crippen LogP contribution in [0.4, 0.5) is 0 Å². The van der Waals surface area contributed by atoms with Crippen LogP contribution in [0.3, 0.4) is 0 Å². The van der Waals surface area contributed by atoms with Gasteiger partial charge in [-0.05, 0) is 6.07 Å². The minimum atomic E-state index is -0.523. The lowest BCUT2D eigenvalue weighted by atomic mass is 10.1. The van der Waals surface area contributed by atoms with Gasteiger partial charge >= 0.3 is 5.97 Å². The highest BCUT2D eigenvalue weighted by Crippen LogP contribution is 2.34. The molecular weight excluding hydrogens is 352 g/mol. The average Bonchev–Trinajstić information content (AvgIpc) is 3.15. The summed E-state index contributed by atoms with van der Waals surface area (Å²) in [5, 5.41) is 9.36. The standard InChI is InChI=1S/C19H16N2O4S/c1-23-12-15(18(22)24-2)14-10-6-7-11-16(14)25-19-21-20-17(26-19)13-8-4-3-5-9-13/h3-12H,1-2H3/b15-12+. The van der Waals surface area contributed by atoms with E-state index in [0.717, 1.165) is 10.6 Å². The molecule has 0 aliphatic heterocycles. The fourth-order valence-corrected chi connectivity index (χ4v) is 2.98. The molecule has 0 radical (unpaired) electrons. The molecule has 3 rings (SSSR count). The van der Waals surface area contributed by atoms with Crippen molar-refractivity contribution in [1.82, 2.24) is 10.2 Å². The van der Waals surface area contributed by atoms with Crippen molar-refractivity contribution in [1.29, 1.82) is 0 Å². The number of hydrogen-bond donors (Lipinski definition) is 0. The Morgan fingerprint density at radius 1 is 1.00 bits per heavy atom. The van der Waals surface area contributed by atoms with Gasteiger partial charge in [0.2, 0.25) is 0 Å². The van der Waals surface area contributed by atoms with Crippen molar-refractivity contribution in [3.63, 3.8) is 0 Å². The van der Waals surface area contributed by atoms with E-state index in [-0.39, 0.29) is 5.57 Å². The molecule has 1 heterocycles. The number of para-hydroxylation sites is 1. The van der Waals surface area contributed by atoms with Gasteiger partial charge in [0.25, 0.3) is 5.19 Å². The molecular formula is C19H16N2O4S. The van der Waals surface area contributed by atoms with Crippen LogP contribution in [0.2, 0.25) is 0 Å². The Morgan fingerprint density at radius 2 is 1.73 bits per heavy atom. The maximum atomic E-state index is 12.0. The average molecular weight is 368 g/mol. The topological polar surface area (TPSA) is 70.5 Å². The van der Waals surface area contributed by atoms with Crippen molar-refractivity contribution in [3.05, 3.63) is 66.4 Å². The van der Waals surface area contributed by atoms with Gasteiger partial charge in [-0.15, -0.1) is 5.10 Å². The Labute approximate surface area is 154 Å². The van der Waals surface area contributed by atoms with Crippen molar-refractivity contribution in [2.45, 2.75) is 0 Å². The summed E-state index contributed by atoms with van der Waals surface area (Å²) in [6, 6.07) is 16.8. The van der Waals surface area contributed by atoms with Crippen molar-refractivity contribution < 1.29 is 19.0 Å². The van der Waals surface area contributed by atoms with Gasteiger partial charge in [0.15, 0.2) is 5.01 Å². The van der Waals surface area contributed by atoms with Crippen LogP contribution in [0.15, 0.2) is 60.9 Å². The second kappa shape index (κ2) is 8.26. The Hall–Kier alpha value is -3.19. The van der Waals surface area contributed by atoms with Gasteiger partial charge in [-0.1, -0.05) is 65.0 Å². The smallest absolute Gasteiger partial charge is 0.341 e. The van der Waals surface area contributed by atoms with E-state index < -0.39 is 5.97 Å². The van der Waals surface area contributed by atoms with E-state index in [1.54, 1.807) is 24.3 Å². The third kappa shape index (κ3) is 3.89. The van der Waals surface area contributed by atoms with Gasteiger partial charge in [-0.2, -0.15) is 0 Å². The Morgan fingerprint density at radius 3 is 2.46 bits per heavy atom. The molecule has 6 nitrogen and oxygen atoms in total. The molecule has 0 N–H and O–H groups in total. The maximum Gasteiger partial charge on any atom is 0.341 e. The summed E-state index contributed by atoms with van der Waals surface area (Å²) in [5.41, 5.74) is 1.75. The van der Waals surface area contributed by atoms with Gasteiger partial charge in [-0.3, -0.25) is 0 Å². The number of hydrogen-bond acceptors (Lipinski definition) is 7. The molecule has 0 amide bonds. The van der Waals surface area contributed by atoms with Crippen LogP contribution < -0.4 is 4.74 Å². The van der Waals surface area contributed by atoms with Crippen molar-refractivity contribution in [2.24, 2.45) is 0 Å². The molecule has 7 heteroatoms. The van der Waals surface area contributed by atoms with E-state index in [2.05, 4.69) is 10.2 Å². The largest absolute Gasteiger partial charge is 0.503 e. The molecule has 0 unspecified atom stereocenters. The quantitative estimate of drug-likeness (QED) is 0.370. The Bertz CT molecular complexity index is 922. The SMILES string of the molecule is CO/C=C(/C(=O)OC)c1ccccc1Oc1nnc(-c2ccccc2)s1. The van der Waals surface area contributed by atoms with Gasteiger partial charge < -0.3 is 14.2 Å². The van der Waals surface area contributed by atoms with Crippen molar-refractivity contribution in [2.75, 3.05) is 14.2 Å². The van der Waals surface area contributed by atoms with Crippen molar-refractivity contribution in [3.8, 4) is 21.5 Å². The molecule has 1 aromatic heterocycles. The zero-order valence-electron chi connectivity index (χ0n) is 14.2. The molecule has 0 bridgehead atoms. The predicted molar refractivity (Wildman–Crippen MR) is 98.9 cm³/mol. The van der Waals surface area contributed by atoms with Crippen LogP contribution in [0, 0.1) is 0 Å². The highest BCUT2D eigenvalue weighted by atomic mass is 32.1. The van der Waals surface area contributed by atoms with Crippen LogP contribution in [0.1, 0.15) is 5.56 Å². The number of esters is 1. The summed E-state index contributed by atoms with van der Waals surface area (Å²) < 4.78 is 15.7. The lowest BCUT2D eigenvalue weighted by Crippen LogP contribution is -2.05. The summed E-state index contributed by atoms with van der Waals surface area (Å²) in [5.74, 6) is -0.0675. The Kier molecular flexibility index (Phi) is 5.60. The fourth-order valence-electron chi connectivity index (χ4n) is 2.27. The number of rotatable bonds is 6. The first-order valence-corrected chi connectivity index (χ1v) is 8.52. The summed E-state index contributed by atoms with van der Waals surface area (Å²) >= 11 is 1.32. The molecule has 0 saturated heterocycles. The molecule has 2 aromatic carbocycles. The number of nitrogens with zero attached hydrogens (tertiary/aromatic N) is 2. The lowest BCUT2D eigenvalue weighted by Gasteiger charge is -2.10. The monoisotopic (exact) mass is 368 g/mol. The zero-order chi connectivity index (χ0) is 18.4. The number of carbonyl (C=O) groups is 1. The first-order valence-electron chi connectivity index (χ1n) is 7.70. The van der Waals surface area contributed by atoms with Gasteiger partial charge in [0.05, 0.1) is 20.5 Å². The van der Waals surface area contributed by atoms with Gasteiger partial charge in [-0.25, -0.2) is 4.79 Å². The molecule has 3 aromatic rings. The maximum absolute atomic E-state index is 12.0. The predicted octanol–water partition coefficient (Wildman–Crippen LogP) is 4.16. The summed E-state index contributed by atoms with van der Waals surface area (Å²) in [6.45, 7) is 0. The molecule has 26 heavy (non-hydrogen) atoms. The van der Waals surface area contributed by atoms with E-state index in [1.807, 2.05) is 30.3 Å². The van der Waals surface area contributed by atoms with Crippen LogP contribution in [-0.2, 0) is 14.3 Å². The normalized spacial score (nSPS) is 11.1. The van der Waals surface area contributed by atoms with E-state index in [0.29, 0.717) is 16.5 Å². The molecule has 0 spiro atoms. The van der Waals surface area contributed by atoms with E-state index in [9.17, 15) is 4.79 Å². The molecule has 132 valence electrons. The number of carbonyl (C=O) groups excluding carboxylic acids is 1. The van der Waals surface area contributed by atoms with Crippen LogP contribution in [-0.4, -0.2) is 30.4 Å². The fraction of sp³-hybridized carbons (Fsp3) is 0.105.